The molecule has 0 aliphatic heterocycles. The molecule has 1 aromatic carbocycles. The number of aryl methyl sites for hydroxylation is 1. The highest BCUT2D eigenvalue weighted by molar-refractivity contribution is 5.74. The first-order chi connectivity index (χ1) is 8.10. The highest BCUT2D eigenvalue weighted by Crippen LogP contribution is 2.21. The van der Waals surface area contributed by atoms with Gasteiger partial charge in [-0.05, 0) is 29.7 Å². The van der Waals surface area contributed by atoms with Gasteiger partial charge in [0.15, 0.2) is 6.10 Å². The molecule has 0 aliphatic rings. The topological polar surface area (TPSA) is 105 Å². The Morgan fingerprint density at radius 3 is 2.65 bits per heavy atom. The van der Waals surface area contributed by atoms with Gasteiger partial charge >= 0.3 is 5.97 Å². The highest BCUT2D eigenvalue weighted by atomic mass is 16.4. The molecule has 0 spiro atoms. The Hall–Kier alpha value is -2.37. The normalized spacial score (nSPS) is 11.2. The number of rotatable bonds is 4. The molecule has 1 rings (SSSR count). The number of hydrogen-bond acceptors (Lipinski definition) is 4. The molecule has 0 aromatic heterocycles. The van der Waals surface area contributed by atoms with Crippen molar-refractivity contribution in [2.24, 2.45) is 0 Å². The second-order valence-electron chi connectivity index (χ2n) is 3.42. The summed E-state index contributed by atoms with van der Waals surface area (Å²) >= 11 is 0. The summed E-state index contributed by atoms with van der Waals surface area (Å²) in [5.41, 5.74) is 1.02. The Bertz CT molecular complexity index is 511. The van der Waals surface area contributed by atoms with Gasteiger partial charge in [0.1, 0.15) is 0 Å². The first kappa shape index (κ1) is 12.7. The van der Waals surface area contributed by atoms with Crippen LogP contribution in [0.1, 0.15) is 29.2 Å². The number of benzene rings is 1. The van der Waals surface area contributed by atoms with E-state index in [4.69, 9.17) is 15.6 Å². The Kier molecular flexibility index (Phi) is 4.21. The monoisotopic (exact) mass is 230 g/mol. The van der Waals surface area contributed by atoms with Gasteiger partial charge in [0.25, 0.3) is 0 Å². The SMILES string of the molecule is N#CCCc1ccc(C#N)cc1C(O)C(=O)O. The summed E-state index contributed by atoms with van der Waals surface area (Å²) in [6.07, 6.45) is -1.09. The molecule has 0 amide bonds. The number of nitrogens with zero attached hydrogens (tertiary/aromatic N) is 2. The van der Waals surface area contributed by atoms with Gasteiger partial charge < -0.3 is 10.2 Å². The fourth-order valence-corrected chi connectivity index (χ4v) is 1.47. The quantitative estimate of drug-likeness (QED) is 0.806. The van der Waals surface area contributed by atoms with Crippen LogP contribution in [-0.4, -0.2) is 16.2 Å². The van der Waals surface area contributed by atoms with Gasteiger partial charge in [-0.3, -0.25) is 0 Å². The number of aliphatic hydroxyl groups is 1. The van der Waals surface area contributed by atoms with Crippen LogP contribution in [-0.2, 0) is 11.2 Å². The minimum absolute atomic E-state index is 0.173. The number of carbonyl (C=O) groups is 1. The molecule has 0 bridgehead atoms. The minimum atomic E-state index is -1.67. The van der Waals surface area contributed by atoms with Crippen molar-refractivity contribution >= 4 is 5.97 Å². The van der Waals surface area contributed by atoms with E-state index in [9.17, 15) is 9.90 Å². The van der Waals surface area contributed by atoms with Gasteiger partial charge in [-0.15, -0.1) is 0 Å². The van der Waals surface area contributed by atoms with Crippen LogP contribution in [0.2, 0.25) is 0 Å². The van der Waals surface area contributed by atoms with E-state index in [-0.39, 0.29) is 17.5 Å². The van der Waals surface area contributed by atoms with Crippen molar-refractivity contribution < 1.29 is 15.0 Å². The fourth-order valence-electron chi connectivity index (χ4n) is 1.47. The van der Waals surface area contributed by atoms with Crippen molar-refractivity contribution in [1.82, 2.24) is 0 Å². The van der Waals surface area contributed by atoms with Crippen molar-refractivity contribution in [3.8, 4) is 12.1 Å². The summed E-state index contributed by atoms with van der Waals surface area (Å²) in [6.45, 7) is 0. The molecule has 0 saturated heterocycles. The molecule has 1 atom stereocenters. The van der Waals surface area contributed by atoms with E-state index in [1.165, 1.54) is 12.1 Å². The van der Waals surface area contributed by atoms with E-state index >= 15 is 0 Å². The van der Waals surface area contributed by atoms with E-state index in [2.05, 4.69) is 0 Å². The third-order valence-corrected chi connectivity index (χ3v) is 2.31. The average Bonchev–Trinajstić information content (AvgIpc) is 2.35. The average molecular weight is 230 g/mol. The zero-order valence-electron chi connectivity index (χ0n) is 8.92. The van der Waals surface area contributed by atoms with E-state index in [0.717, 1.165) is 0 Å². The molecule has 2 N–H and O–H groups in total. The molecule has 0 heterocycles. The van der Waals surface area contributed by atoms with Crippen LogP contribution in [0.5, 0.6) is 0 Å². The van der Waals surface area contributed by atoms with Gasteiger partial charge in [0.2, 0.25) is 0 Å². The van der Waals surface area contributed by atoms with Crippen LogP contribution in [0.15, 0.2) is 18.2 Å². The summed E-state index contributed by atoms with van der Waals surface area (Å²) in [6, 6.07) is 8.26. The summed E-state index contributed by atoms with van der Waals surface area (Å²) < 4.78 is 0. The van der Waals surface area contributed by atoms with E-state index in [1.807, 2.05) is 12.1 Å². The predicted molar refractivity (Wildman–Crippen MR) is 57.7 cm³/mol. The molecule has 17 heavy (non-hydrogen) atoms. The summed E-state index contributed by atoms with van der Waals surface area (Å²) in [5, 5.41) is 35.5. The predicted octanol–water partition coefficient (Wildman–Crippen LogP) is 1.13. The van der Waals surface area contributed by atoms with E-state index < -0.39 is 12.1 Å². The van der Waals surface area contributed by atoms with Crippen molar-refractivity contribution in [3.63, 3.8) is 0 Å². The molecule has 0 saturated carbocycles. The lowest BCUT2D eigenvalue weighted by Gasteiger charge is -2.11. The number of aliphatic hydroxyl groups excluding tert-OH is 1. The molecule has 1 aromatic rings. The summed E-state index contributed by atoms with van der Waals surface area (Å²) in [7, 11) is 0. The lowest BCUT2D eigenvalue weighted by Crippen LogP contribution is -2.13. The largest absolute Gasteiger partial charge is 0.479 e. The highest BCUT2D eigenvalue weighted by Gasteiger charge is 2.19. The lowest BCUT2D eigenvalue weighted by atomic mass is 9.96. The van der Waals surface area contributed by atoms with Gasteiger partial charge in [-0.2, -0.15) is 10.5 Å². The molecule has 0 aliphatic carbocycles. The van der Waals surface area contributed by atoms with Crippen molar-refractivity contribution in [2.45, 2.75) is 18.9 Å². The molecular formula is C12H10N2O3. The van der Waals surface area contributed by atoms with Crippen molar-refractivity contribution in [2.75, 3.05) is 0 Å². The molecule has 0 fully saturated rings. The maximum absolute atomic E-state index is 10.7. The van der Waals surface area contributed by atoms with Gasteiger partial charge in [0.05, 0.1) is 17.7 Å². The maximum Gasteiger partial charge on any atom is 0.337 e. The number of hydrogen-bond donors (Lipinski definition) is 2. The Balaban J connectivity index is 3.17. The van der Waals surface area contributed by atoms with Crippen molar-refractivity contribution in [1.29, 1.82) is 10.5 Å². The molecule has 5 nitrogen and oxygen atoms in total. The zero-order valence-corrected chi connectivity index (χ0v) is 8.92. The van der Waals surface area contributed by atoms with Crippen LogP contribution in [0, 0.1) is 22.7 Å². The third-order valence-electron chi connectivity index (χ3n) is 2.31. The molecular weight excluding hydrogens is 220 g/mol. The van der Waals surface area contributed by atoms with Crippen molar-refractivity contribution in [3.05, 3.63) is 34.9 Å². The fraction of sp³-hybridized carbons (Fsp3) is 0.250. The molecule has 0 radical (unpaired) electrons. The summed E-state index contributed by atoms with van der Waals surface area (Å²) in [5.74, 6) is -1.38. The van der Waals surface area contributed by atoms with Gasteiger partial charge in [0, 0.05) is 6.42 Å². The Morgan fingerprint density at radius 2 is 2.12 bits per heavy atom. The third kappa shape index (κ3) is 3.04. The zero-order chi connectivity index (χ0) is 12.8. The van der Waals surface area contributed by atoms with Crippen LogP contribution >= 0.6 is 0 Å². The first-order valence-electron chi connectivity index (χ1n) is 4.91. The second kappa shape index (κ2) is 5.64. The number of carboxylic acid groups (broad SMARTS) is 1. The standard InChI is InChI=1S/C12H10N2O3/c13-5-1-2-9-4-3-8(7-14)6-10(9)11(15)12(16)17/h3-4,6,11,15H,1-2H2,(H,16,17). The molecule has 5 heteroatoms. The van der Waals surface area contributed by atoms with E-state index in [0.29, 0.717) is 12.0 Å². The van der Waals surface area contributed by atoms with Crippen LogP contribution in [0.4, 0.5) is 0 Å². The van der Waals surface area contributed by atoms with Crippen LogP contribution < -0.4 is 0 Å². The number of nitriles is 2. The minimum Gasteiger partial charge on any atom is -0.479 e. The molecule has 1 unspecified atom stereocenters. The van der Waals surface area contributed by atoms with Crippen LogP contribution in [0.3, 0.4) is 0 Å². The first-order valence-corrected chi connectivity index (χ1v) is 4.91. The Labute approximate surface area is 98.2 Å². The maximum atomic E-state index is 10.7. The Morgan fingerprint density at radius 1 is 1.41 bits per heavy atom. The number of carboxylic acids is 1. The lowest BCUT2D eigenvalue weighted by molar-refractivity contribution is -0.147. The number of aliphatic carboxylic acids is 1. The second-order valence-corrected chi connectivity index (χ2v) is 3.42. The summed E-state index contributed by atoms with van der Waals surface area (Å²) in [4.78, 5) is 10.7. The van der Waals surface area contributed by atoms with Gasteiger partial charge in [-0.1, -0.05) is 6.07 Å². The smallest absolute Gasteiger partial charge is 0.337 e. The van der Waals surface area contributed by atoms with E-state index in [1.54, 1.807) is 6.07 Å². The van der Waals surface area contributed by atoms with Crippen LogP contribution in [0.25, 0.3) is 0 Å². The van der Waals surface area contributed by atoms with Gasteiger partial charge in [-0.25, -0.2) is 4.79 Å². The molecule has 86 valence electrons.